The highest BCUT2D eigenvalue weighted by atomic mass is 35.5. The molecule has 0 saturated heterocycles. The normalized spacial score (nSPS) is 21.6. The van der Waals surface area contributed by atoms with E-state index in [0.29, 0.717) is 0 Å². The average Bonchev–Trinajstić information content (AvgIpc) is 1.69. The molecule has 0 amide bonds. The van der Waals surface area contributed by atoms with E-state index in [1.165, 1.54) is 19.3 Å². The van der Waals surface area contributed by atoms with Gasteiger partial charge in [0, 0.05) is 5.03 Å². The van der Waals surface area contributed by atoms with Gasteiger partial charge in [0.05, 0.1) is 0 Å². The van der Waals surface area contributed by atoms with Gasteiger partial charge in [0.2, 0.25) is 0 Å². The van der Waals surface area contributed by atoms with Gasteiger partial charge in [-0.25, -0.2) is 0 Å². The number of hydrogen-bond acceptors (Lipinski definition) is 0. The zero-order valence-electron chi connectivity index (χ0n) is 4.28. The van der Waals surface area contributed by atoms with Crippen molar-refractivity contribution >= 4 is 11.6 Å². The van der Waals surface area contributed by atoms with Crippen LogP contribution < -0.4 is 0 Å². The number of halogens is 1. The van der Waals surface area contributed by atoms with Crippen LogP contribution in [0.15, 0.2) is 11.1 Å². The zero-order valence-corrected chi connectivity index (χ0v) is 5.04. The number of allylic oxidation sites excluding steroid dienone is 2. The van der Waals surface area contributed by atoms with E-state index < -0.39 is 0 Å². The molecular formula is C6H9Cl. The van der Waals surface area contributed by atoms with Crippen molar-refractivity contribution in [1.82, 2.24) is 0 Å². The highest BCUT2D eigenvalue weighted by molar-refractivity contribution is 6.29. The molecule has 0 nitrogen and oxygen atoms in total. The van der Waals surface area contributed by atoms with Gasteiger partial charge in [-0.2, -0.15) is 0 Å². The van der Waals surface area contributed by atoms with E-state index in [1.807, 2.05) is 0 Å². The van der Waals surface area contributed by atoms with Crippen LogP contribution in [0.25, 0.3) is 0 Å². The zero-order chi connectivity index (χ0) is 5.11. The maximum atomic E-state index is 5.68. The van der Waals surface area contributed by atoms with Gasteiger partial charge in [0.1, 0.15) is 0 Å². The molecule has 7 heavy (non-hydrogen) atoms. The lowest BCUT2D eigenvalue weighted by atomic mass is 10.1. The molecule has 0 saturated carbocycles. The van der Waals surface area contributed by atoms with E-state index in [1.54, 1.807) is 0 Å². The molecule has 40 valence electrons. The summed E-state index contributed by atoms with van der Waals surface area (Å²) in [5.74, 6) is 0. The smallest absolute Gasteiger partial charge is 0.0141 e. The van der Waals surface area contributed by atoms with Gasteiger partial charge in [0.15, 0.2) is 0 Å². The maximum Gasteiger partial charge on any atom is 0.0141 e. The molecule has 0 heterocycles. The molecule has 0 aromatic carbocycles. The Hall–Kier alpha value is 0.0300. The van der Waals surface area contributed by atoms with Crippen LogP contribution in [0.1, 0.15) is 25.7 Å². The predicted molar refractivity (Wildman–Crippen MR) is 32.4 cm³/mol. The molecule has 0 radical (unpaired) electrons. The summed E-state index contributed by atoms with van der Waals surface area (Å²) in [5, 5.41) is 1.06. The van der Waals surface area contributed by atoms with Crippen molar-refractivity contribution in [2.75, 3.05) is 0 Å². The van der Waals surface area contributed by atoms with Crippen molar-refractivity contribution in [3.8, 4) is 0 Å². The van der Waals surface area contributed by atoms with Crippen LogP contribution in [-0.4, -0.2) is 0 Å². The topological polar surface area (TPSA) is 0 Å². The van der Waals surface area contributed by atoms with Gasteiger partial charge in [0.25, 0.3) is 0 Å². The second-order valence-electron chi connectivity index (χ2n) is 1.90. The van der Waals surface area contributed by atoms with E-state index in [2.05, 4.69) is 6.08 Å². The van der Waals surface area contributed by atoms with Crippen LogP contribution in [0.2, 0.25) is 0 Å². The van der Waals surface area contributed by atoms with E-state index >= 15 is 0 Å². The summed E-state index contributed by atoms with van der Waals surface area (Å²) >= 11 is 5.68. The minimum atomic E-state index is 1.06. The Labute approximate surface area is 49.2 Å². The molecule has 0 unspecified atom stereocenters. The second kappa shape index (κ2) is 2.37. The predicted octanol–water partition coefficient (Wildman–Crippen LogP) is 2.68. The Kier molecular flexibility index (Phi) is 1.75. The molecule has 1 aliphatic carbocycles. The van der Waals surface area contributed by atoms with E-state index in [9.17, 15) is 0 Å². The van der Waals surface area contributed by atoms with Gasteiger partial charge in [-0.15, -0.1) is 0 Å². The molecule has 0 aliphatic heterocycles. The summed E-state index contributed by atoms with van der Waals surface area (Å²) in [6, 6.07) is 0. The Morgan fingerprint density at radius 2 is 2.29 bits per heavy atom. The molecule has 1 rings (SSSR count). The van der Waals surface area contributed by atoms with E-state index in [-0.39, 0.29) is 0 Å². The lowest BCUT2D eigenvalue weighted by Crippen LogP contribution is -1.83. The first-order valence-corrected chi connectivity index (χ1v) is 3.12. The molecule has 0 atom stereocenters. The molecule has 1 aliphatic rings. The monoisotopic (exact) mass is 116 g/mol. The van der Waals surface area contributed by atoms with Gasteiger partial charge in [-0.1, -0.05) is 17.7 Å². The fourth-order valence-electron chi connectivity index (χ4n) is 0.799. The summed E-state index contributed by atoms with van der Waals surface area (Å²) in [6.45, 7) is 0. The molecule has 0 aromatic rings. The third kappa shape index (κ3) is 1.52. The minimum absolute atomic E-state index is 1.06. The summed E-state index contributed by atoms with van der Waals surface area (Å²) in [7, 11) is 0. The first kappa shape index (κ1) is 5.17. The summed E-state index contributed by atoms with van der Waals surface area (Å²) in [6.07, 6.45) is 7.04. The van der Waals surface area contributed by atoms with Crippen LogP contribution in [0.4, 0.5) is 0 Å². The van der Waals surface area contributed by atoms with Gasteiger partial charge < -0.3 is 0 Å². The van der Waals surface area contributed by atoms with Crippen molar-refractivity contribution in [3.05, 3.63) is 11.1 Å². The Morgan fingerprint density at radius 3 is 2.57 bits per heavy atom. The summed E-state index contributed by atoms with van der Waals surface area (Å²) in [5.41, 5.74) is 0. The average molecular weight is 117 g/mol. The molecule has 0 bridgehead atoms. The Morgan fingerprint density at radius 1 is 1.43 bits per heavy atom. The van der Waals surface area contributed by atoms with Crippen LogP contribution in [0.5, 0.6) is 0 Å². The maximum absolute atomic E-state index is 5.68. The molecule has 1 heteroatoms. The third-order valence-corrected chi connectivity index (χ3v) is 1.58. The molecular weight excluding hydrogens is 108 g/mol. The van der Waals surface area contributed by atoms with Gasteiger partial charge in [-0.3, -0.25) is 0 Å². The Balaban J connectivity index is 2.40. The third-order valence-electron chi connectivity index (χ3n) is 1.24. The first-order chi connectivity index (χ1) is 3.39. The van der Waals surface area contributed by atoms with Gasteiger partial charge in [-0.05, 0) is 25.7 Å². The van der Waals surface area contributed by atoms with Crippen molar-refractivity contribution in [2.24, 2.45) is 0 Å². The summed E-state index contributed by atoms with van der Waals surface area (Å²) < 4.78 is 0. The molecule has 0 aromatic heterocycles. The Bertz CT molecular complexity index is 84.2. The number of rotatable bonds is 0. The van der Waals surface area contributed by atoms with Crippen LogP contribution in [0.3, 0.4) is 0 Å². The second-order valence-corrected chi connectivity index (χ2v) is 2.38. The van der Waals surface area contributed by atoms with E-state index in [4.69, 9.17) is 11.6 Å². The van der Waals surface area contributed by atoms with Crippen molar-refractivity contribution in [3.63, 3.8) is 0 Å². The summed E-state index contributed by atoms with van der Waals surface area (Å²) in [4.78, 5) is 0. The van der Waals surface area contributed by atoms with Crippen LogP contribution in [0, 0.1) is 0 Å². The quantitative estimate of drug-likeness (QED) is 0.457. The number of hydrogen-bond donors (Lipinski definition) is 0. The highest BCUT2D eigenvalue weighted by Gasteiger charge is 1.97. The lowest BCUT2D eigenvalue weighted by molar-refractivity contribution is 0.722. The fraction of sp³-hybridized carbons (Fsp3) is 0.667. The SMILES string of the molecule is ClC1=CCCCC1. The molecule has 0 spiro atoms. The molecule has 0 fully saturated rings. The fourth-order valence-corrected chi connectivity index (χ4v) is 1.04. The van der Waals surface area contributed by atoms with E-state index in [0.717, 1.165) is 11.5 Å². The van der Waals surface area contributed by atoms with Crippen LogP contribution >= 0.6 is 11.6 Å². The van der Waals surface area contributed by atoms with Gasteiger partial charge >= 0.3 is 0 Å². The standard InChI is InChI=1S/C6H9Cl/c7-6-4-2-1-3-5-6/h4H,1-3,5H2. The van der Waals surface area contributed by atoms with Crippen LogP contribution in [-0.2, 0) is 0 Å². The highest BCUT2D eigenvalue weighted by Crippen LogP contribution is 2.19. The van der Waals surface area contributed by atoms with Crippen molar-refractivity contribution in [1.29, 1.82) is 0 Å². The molecule has 0 N–H and O–H groups in total. The van der Waals surface area contributed by atoms with Crippen molar-refractivity contribution in [2.45, 2.75) is 25.7 Å². The largest absolute Gasteiger partial charge is 0.0895 e. The van der Waals surface area contributed by atoms with Crippen molar-refractivity contribution < 1.29 is 0 Å². The minimum Gasteiger partial charge on any atom is -0.0895 e. The lowest BCUT2D eigenvalue weighted by Gasteiger charge is -2.03. The first-order valence-electron chi connectivity index (χ1n) is 2.74.